The van der Waals surface area contributed by atoms with Crippen LogP contribution >= 0.6 is 0 Å². The van der Waals surface area contributed by atoms with Gasteiger partial charge in [0.05, 0.1) is 18.9 Å². The van der Waals surface area contributed by atoms with E-state index in [1.807, 2.05) is 32.0 Å². The minimum absolute atomic E-state index is 0.0488. The lowest BCUT2D eigenvalue weighted by Crippen LogP contribution is -2.53. The summed E-state index contributed by atoms with van der Waals surface area (Å²) in [4.78, 5) is 24.0. The average Bonchev–Trinajstić information content (AvgIpc) is 2.29. The first-order valence-corrected chi connectivity index (χ1v) is 6.68. The van der Waals surface area contributed by atoms with Crippen molar-refractivity contribution in [3.63, 3.8) is 0 Å². The molecule has 1 saturated heterocycles. The molecule has 0 radical (unpaired) electrons. The van der Waals surface area contributed by atoms with Crippen molar-refractivity contribution in [2.45, 2.75) is 20.3 Å². The molecular formula is C15H19NO4. The van der Waals surface area contributed by atoms with Crippen molar-refractivity contribution < 1.29 is 19.4 Å². The molecule has 0 aromatic heterocycles. The Morgan fingerprint density at radius 1 is 1.35 bits per heavy atom. The van der Waals surface area contributed by atoms with Crippen LogP contribution in [-0.2, 0) is 9.59 Å². The molecule has 1 aromatic rings. The van der Waals surface area contributed by atoms with Crippen LogP contribution < -0.4 is 4.74 Å². The maximum absolute atomic E-state index is 11.8. The van der Waals surface area contributed by atoms with Crippen molar-refractivity contribution in [2.24, 2.45) is 5.92 Å². The lowest BCUT2D eigenvalue weighted by Gasteiger charge is -2.36. The Labute approximate surface area is 118 Å². The number of likely N-dealkylation sites (tertiary alicyclic amines) is 1. The van der Waals surface area contributed by atoms with Gasteiger partial charge in [0.25, 0.3) is 0 Å². The predicted octanol–water partition coefficient (Wildman–Crippen LogP) is 1.62. The van der Waals surface area contributed by atoms with E-state index in [9.17, 15) is 9.59 Å². The molecule has 5 heteroatoms. The van der Waals surface area contributed by atoms with Crippen molar-refractivity contribution in [3.05, 3.63) is 29.3 Å². The zero-order valence-electron chi connectivity index (χ0n) is 11.8. The number of carbonyl (C=O) groups is 2. The molecule has 2 rings (SSSR count). The Bertz CT molecular complexity index is 521. The zero-order chi connectivity index (χ0) is 14.7. The molecule has 1 aliphatic heterocycles. The summed E-state index contributed by atoms with van der Waals surface area (Å²) in [6, 6.07) is 5.90. The molecular weight excluding hydrogens is 258 g/mol. The molecule has 1 N–H and O–H groups in total. The topological polar surface area (TPSA) is 66.8 Å². The molecule has 1 aromatic carbocycles. The summed E-state index contributed by atoms with van der Waals surface area (Å²) in [6.07, 6.45) is 0.277. The number of hydrogen-bond acceptors (Lipinski definition) is 3. The first-order valence-electron chi connectivity index (χ1n) is 6.68. The van der Waals surface area contributed by atoms with Gasteiger partial charge in [-0.05, 0) is 25.5 Å². The minimum Gasteiger partial charge on any atom is -0.493 e. The second-order valence-corrected chi connectivity index (χ2v) is 5.20. The van der Waals surface area contributed by atoms with Crippen LogP contribution in [0.2, 0.25) is 0 Å². The lowest BCUT2D eigenvalue weighted by atomic mass is 10.0. The molecule has 1 heterocycles. The van der Waals surface area contributed by atoms with E-state index in [1.54, 1.807) is 4.90 Å². The summed E-state index contributed by atoms with van der Waals surface area (Å²) in [5, 5.41) is 8.75. The van der Waals surface area contributed by atoms with Crippen LogP contribution in [0, 0.1) is 19.8 Å². The largest absolute Gasteiger partial charge is 0.493 e. The number of rotatable bonds is 5. The Morgan fingerprint density at radius 2 is 2.05 bits per heavy atom. The van der Waals surface area contributed by atoms with Crippen molar-refractivity contribution in [1.29, 1.82) is 0 Å². The Kier molecular flexibility index (Phi) is 4.27. The van der Waals surface area contributed by atoms with E-state index in [4.69, 9.17) is 9.84 Å². The van der Waals surface area contributed by atoms with Gasteiger partial charge in [-0.25, -0.2) is 0 Å². The highest BCUT2D eigenvalue weighted by Gasteiger charge is 2.35. The van der Waals surface area contributed by atoms with Gasteiger partial charge < -0.3 is 14.7 Å². The number of carbonyl (C=O) groups excluding carboxylic acids is 1. The van der Waals surface area contributed by atoms with E-state index in [0.29, 0.717) is 19.7 Å². The van der Waals surface area contributed by atoms with Crippen LogP contribution in [0.25, 0.3) is 0 Å². The third kappa shape index (κ3) is 3.29. The van der Waals surface area contributed by atoms with Gasteiger partial charge in [0.2, 0.25) is 5.91 Å². The summed E-state index contributed by atoms with van der Waals surface area (Å²) in [5.74, 6) is -0.498. The molecule has 0 saturated carbocycles. The van der Waals surface area contributed by atoms with Crippen molar-refractivity contribution in [3.8, 4) is 5.75 Å². The van der Waals surface area contributed by atoms with Crippen LogP contribution in [0.3, 0.4) is 0 Å². The highest BCUT2D eigenvalue weighted by molar-refractivity contribution is 5.81. The first-order chi connectivity index (χ1) is 9.47. The average molecular weight is 277 g/mol. The van der Waals surface area contributed by atoms with Gasteiger partial charge in [-0.1, -0.05) is 17.7 Å². The van der Waals surface area contributed by atoms with Crippen molar-refractivity contribution in [1.82, 2.24) is 4.90 Å². The van der Waals surface area contributed by atoms with Gasteiger partial charge in [-0.3, -0.25) is 9.59 Å². The first kappa shape index (κ1) is 14.4. The summed E-state index contributed by atoms with van der Waals surface area (Å²) < 4.78 is 5.59. The fourth-order valence-electron chi connectivity index (χ4n) is 2.21. The number of benzene rings is 1. The number of carboxylic acids is 1. The highest BCUT2D eigenvalue weighted by Crippen LogP contribution is 2.20. The normalized spacial score (nSPS) is 14.8. The Balaban J connectivity index is 1.73. The number of amides is 1. The number of aliphatic carboxylic acids is 1. The minimum atomic E-state index is -0.833. The fraction of sp³-hybridized carbons (Fsp3) is 0.467. The van der Waals surface area contributed by atoms with Gasteiger partial charge >= 0.3 is 5.97 Å². The SMILES string of the molecule is Cc1ccc(OCCC(=O)N2CC(C(=O)O)C2)c(C)c1. The maximum Gasteiger partial charge on any atom is 0.310 e. The van der Waals surface area contributed by atoms with Crippen molar-refractivity contribution >= 4 is 11.9 Å². The second-order valence-electron chi connectivity index (χ2n) is 5.20. The summed E-state index contributed by atoms with van der Waals surface area (Å²) >= 11 is 0. The molecule has 0 bridgehead atoms. The maximum atomic E-state index is 11.8. The van der Waals surface area contributed by atoms with E-state index >= 15 is 0 Å². The van der Waals surface area contributed by atoms with Crippen LogP contribution in [0.4, 0.5) is 0 Å². The third-order valence-corrected chi connectivity index (χ3v) is 3.49. The van der Waals surface area contributed by atoms with Crippen molar-refractivity contribution in [2.75, 3.05) is 19.7 Å². The molecule has 1 fully saturated rings. The van der Waals surface area contributed by atoms with Gasteiger partial charge in [0, 0.05) is 13.1 Å². The Hall–Kier alpha value is -2.04. The number of aryl methyl sites for hydroxylation is 2. The predicted molar refractivity (Wildman–Crippen MR) is 73.7 cm³/mol. The van der Waals surface area contributed by atoms with Crippen LogP contribution in [0.15, 0.2) is 18.2 Å². The summed E-state index contributed by atoms with van der Waals surface area (Å²) in [5.41, 5.74) is 2.22. The summed E-state index contributed by atoms with van der Waals surface area (Å²) in [6.45, 7) is 4.94. The van der Waals surface area contributed by atoms with Gasteiger partial charge in [0.1, 0.15) is 5.75 Å². The standard InChI is InChI=1S/C15H19NO4/c1-10-3-4-13(11(2)7-10)20-6-5-14(17)16-8-12(9-16)15(18)19/h3-4,7,12H,5-6,8-9H2,1-2H3,(H,18,19). The molecule has 0 spiro atoms. The molecule has 5 nitrogen and oxygen atoms in total. The molecule has 1 aliphatic rings. The van der Waals surface area contributed by atoms with Gasteiger partial charge in [0.15, 0.2) is 0 Å². The quantitative estimate of drug-likeness (QED) is 0.888. The highest BCUT2D eigenvalue weighted by atomic mass is 16.5. The number of nitrogens with zero attached hydrogens (tertiary/aromatic N) is 1. The third-order valence-electron chi connectivity index (χ3n) is 3.49. The molecule has 0 atom stereocenters. The monoisotopic (exact) mass is 277 g/mol. The Morgan fingerprint density at radius 3 is 2.65 bits per heavy atom. The molecule has 0 unspecified atom stereocenters. The van der Waals surface area contributed by atoms with Crippen LogP contribution in [-0.4, -0.2) is 41.6 Å². The van der Waals surface area contributed by atoms with E-state index < -0.39 is 11.9 Å². The molecule has 0 aliphatic carbocycles. The zero-order valence-corrected chi connectivity index (χ0v) is 11.8. The fourth-order valence-corrected chi connectivity index (χ4v) is 2.21. The smallest absolute Gasteiger partial charge is 0.310 e. The number of carboxylic acid groups (broad SMARTS) is 1. The molecule has 108 valence electrons. The number of hydrogen-bond donors (Lipinski definition) is 1. The van der Waals surface area contributed by atoms with Gasteiger partial charge in [-0.15, -0.1) is 0 Å². The van der Waals surface area contributed by atoms with Gasteiger partial charge in [-0.2, -0.15) is 0 Å². The summed E-state index contributed by atoms with van der Waals surface area (Å²) in [7, 11) is 0. The van der Waals surface area contributed by atoms with E-state index in [-0.39, 0.29) is 12.3 Å². The van der Waals surface area contributed by atoms with Crippen LogP contribution in [0.1, 0.15) is 17.5 Å². The second kappa shape index (κ2) is 5.94. The van der Waals surface area contributed by atoms with E-state index in [2.05, 4.69) is 0 Å². The number of ether oxygens (including phenoxy) is 1. The van der Waals surface area contributed by atoms with E-state index in [1.165, 1.54) is 5.56 Å². The molecule has 20 heavy (non-hydrogen) atoms. The van der Waals surface area contributed by atoms with Crippen LogP contribution in [0.5, 0.6) is 5.75 Å². The molecule has 1 amide bonds. The van der Waals surface area contributed by atoms with E-state index in [0.717, 1.165) is 11.3 Å². The lowest BCUT2D eigenvalue weighted by molar-refractivity contribution is -0.152.